The van der Waals surface area contributed by atoms with E-state index in [9.17, 15) is 12.8 Å². The number of fused-ring (bicyclic) bond motifs is 1. The summed E-state index contributed by atoms with van der Waals surface area (Å²) in [5.41, 5.74) is 1.37. The third-order valence-corrected chi connectivity index (χ3v) is 8.00. The van der Waals surface area contributed by atoms with E-state index in [0.29, 0.717) is 26.1 Å². The van der Waals surface area contributed by atoms with Gasteiger partial charge >= 0.3 is 0 Å². The molecule has 0 unspecified atom stereocenters. The SMILES string of the molecule is O=S1(=O)C[C@@H]2[C@@H](C1)N=C(SCc1cccc(Cl)c1)N2c1ccc(Br)cc1F. The number of benzene rings is 2. The fraction of sp³-hybridized carbons (Fsp3) is 0.278. The van der Waals surface area contributed by atoms with E-state index in [1.807, 2.05) is 24.3 Å². The normalized spacial score (nSPS) is 23.4. The van der Waals surface area contributed by atoms with Gasteiger partial charge in [0.2, 0.25) is 0 Å². The zero-order valence-corrected chi connectivity index (χ0v) is 18.0. The van der Waals surface area contributed by atoms with Crippen molar-refractivity contribution < 1.29 is 12.8 Å². The molecule has 0 radical (unpaired) electrons. The molecular weight excluding hydrogens is 475 g/mol. The summed E-state index contributed by atoms with van der Waals surface area (Å²) in [6, 6.07) is 11.6. The summed E-state index contributed by atoms with van der Waals surface area (Å²) < 4.78 is 39.4. The summed E-state index contributed by atoms with van der Waals surface area (Å²) in [6.07, 6.45) is 0. The van der Waals surface area contributed by atoms with Crippen LogP contribution in [0.3, 0.4) is 0 Å². The van der Waals surface area contributed by atoms with Crippen LogP contribution in [0.4, 0.5) is 10.1 Å². The van der Waals surface area contributed by atoms with E-state index in [1.165, 1.54) is 17.8 Å². The van der Waals surface area contributed by atoms with Gasteiger partial charge in [-0.05, 0) is 35.9 Å². The molecule has 4 nitrogen and oxygen atoms in total. The lowest BCUT2D eigenvalue weighted by atomic mass is 10.1. The second-order valence-corrected chi connectivity index (χ2v) is 11.0. The fourth-order valence-electron chi connectivity index (χ4n) is 3.37. The molecule has 0 saturated carbocycles. The molecule has 1 saturated heterocycles. The average Bonchev–Trinajstić information content (AvgIpc) is 3.05. The van der Waals surface area contributed by atoms with Crippen LogP contribution in [-0.2, 0) is 15.6 Å². The minimum absolute atomic E-state index is 0.00748. The number of aliphatic imine (C=N–C) groups is 1. The van der Waals surface area contributed by atoms with E-state index in [-0.39, 0.29) is 23.6 Å². The van der Waals surface area contributed by atoms with E-state index >= 15 is 0 Å². The molecule has 2 heterocycles. The number of hydrogen-bond acceptors (Lipinski definition) is 5. The molecule has 0 N–H and O–H groups in total. The van der Waals surface area contributed by atoms with Crippen LogP contribution in [0.15, 0.2) is 51.9 Å². The molecule has 0 amide bonds. The summed E-state index contributed by atoms with van der Waals surface area (Å²) in [6.45, 7) is 0. The van der Waals surface area contributed by atoms with Crippen molar-refractivity contribution in [3.05, 3.63) is 63.3 Å². The molecule has 2 aliphatic rings. The lowest BCUT2D eigenvalue weighted by Gasteiger charge is -2.27. The van der Waals surface area contributed by atoms with Crippen molar-refractivity contribution in [2.45, 2.75) is 17.8 Å². The highest BCUT2D eigenvalue weighted by molar-refractivity contribution is 9.10. The Kier molecular flexibility index (Phi) is 5.26. The number of thioether (sulfide) groups is 1. The van der Waals surface area contributed by atoms with Gasteiger partial charge < -0.3 is 4.90 Å². The third-order valence-electron chi connectivity index (χ3n) is 4.53. The molecular formula is C18H15BrClFN2O2S2. The van der Waals surface area contributed by atoms with Crippen molar-refractivity contribution in [3.8, 4) is 0 Å². The molecule has 2 aromatic carbocycles. The van der Waals surface area contributed by atoms with E-state index in [2.05, 4.69) is 20.9 Å². The topological polar surface area (TPSA) is 49.7 Å². The molecule has 142 valence electrons. The van der Waals surface area contributed by atoms with Crippen molar-refractivity contribution >= 4 is 60.0 Å². The van der Waals surface area contributed by atoms with Crippen molar-refractivity contribution in [1.82, 2.24) is 0 Å². The first-order chi connectivity index (χ1) is 12.8. The predicted octanol–water partition coefficient (Wildman–Crippen LogP) is 4.52. The van der Waals surface area contributed by atoms with Crippen LogP contribution in [0.2, 0.25) is 5.02 Å². The van der Waals surface area contributed by atoms with Gasteiger partial charge in [0.05, 0.1) is 29.3 Å². The smallest absolute Gasteiger partial charge is 0.164 e. The van der Waals surface area contributed by atoms with Crippen LogP contribution in [0, 0.1) is 5.82 Å². The second kappa shape index (κ2) is 7.39. The Hall–Kier alpha value is -1.09. The third kappa shape index (κ3) is 4.04. The molecule has 2 atom stereocenters. The molecule has 2 aliphatic heterocycles. The molecule has 27 heavy (non-hydrogen) atoms. The fourth-order valence-corrected chi connectivity index (χ4v) is 6.81. The Bertz CT molecular complexity index is 1030. The molecule has 0 spiro atoms. The van der Waals surface area contributed by atoms with Crippen molar-refractivity contribution in [2.75, 3.05) is 16.4 Å². The van der Waals surface area contributed by atoms with E-state index < -0.39 is 15.7 Å². The van der Waals surface area contributed by atoms with Gasteiger partial charge in [0.1, 0.15) is 5.82 Å². The van der Waals surface area contributed by atoms with Gasteiger partial charge in [-0.15, -0.1) is 0 Å². The Labute approximate surface area is 174 Å². The molecule has 9 heteroatoms. The Morgan fingerprint density at radius 1 is 1.26 bits per heavy atom. The summed E-state index contributed by atoms with van der Waals surface area (Å²) in [7, 11) is -3.17. The van der Waals surface area contributed by atoms with Crippen LogP contribution >= 0.6 is 39.3 Å². The number of halogens is 3. The minimum atomic E-state index is -3.17. The largest absolute Gasteiger partial charge is 0.312 e. The Morgan fingerprint density at radius 3 is 2.81 bits per heavy atom. The van der Waals surface area contributed by atoms with Crippen LogP contribution in [0.25, 0.3) is 0 Å². The number of sulfone groups is 1. The zero-order chi connectivity index (χ0) is 19.2. The maximum Gasteiger partial charge on any atom is 0.164 e. The molecule has 0 aromatic heterocycles. The van der Waals surface area contributed by atoms with Crippen LogP contribution in [0.1, 0.15) is 5.56 Å². The summed E-state index contributed by atoms with van der Waals surface area (Å²) >= 11 is 10.8. The van der Waals surface area contributed by atoms with Gasteiger partial charge in [0, 0.05) is 15.2 Å². The molecule has 0 aliphatic carbocycles. The molecule has 4 rings (SSSR count). The number of rotatable bonds is 3. The van der Waals surface area contributed by atoms with Crippen LogP contribution < -0.4 is 4.90 Å². The lowest BCUT2D eigenvalue weighted by Crippen LogP contribution is -2.39. The summed E-state index contributed by atoms with van der Waals surface area (Å²) in [5, 5.41) is 1.29. The quantitative estimate of drug-likeness (QED) is 0.636. The zero-order valence-electron chi connectivity index (χ0n) is 14.0. The van der Waals surface area contributed by atoms with Crippen LogP contribution in [0.5, 0.6) is 0 Å². The van der Waals surface area contributed by atoms with Crippen LogP contribution in [-0.4, -0.2) is 37.2 Å². The monoisotopic (exact) mass is 488 g/mol. The van der Waals surface area contributed by atoms with Gasteiger partial charge in [0.15, 0.2) is 15.0 Å². The Balaban J connectivity index is 1.65. The first-order valence-electron chi connectivity index (χ1n) is 8.22. The highest BCUT2D eigenvalue weighted by atomic mass is 79.9. The first-order valence-corrected chi connectivity index (χ1v) is 12.2. The highest BCUT2D eigenvalue weighted by Crippen LogP contribution is 2.37. The maximum atomic E-state index is 14.6. The standard InChI is InChI=1S/C18H15BrClFN2O2S2/c19-12-4-5-16(14(21)7-12)23-17-10-27(24,25)9-15(17)22-18(23)26-8-11-2-1-3-13(20)6-11/h1-7,15,17H,8-10H2/t15-,17-/m1/s1. The van der Waals surface area contributed by atoms with Crippen molar-refractivity contribution in [3.63, 3.8) is 0 Å². The number of nitrogens with zero attached hydrogens (tertiary/aromatic N) is 2. The number of amidine groups is 1. The average molecular weight is 490 g/mol. The highest BCUT2D eigenvalue weighted by Gasteiger charge is 2.47. The lowest BCUT2D eigenvalue weighted by molar-refractivity contribution is 0.600. The van der Waals surface area contributed by atoms with Crippen molar-refractivity contribution in [2.24, 2.45) is 4.99 Å². The number of hydrogen-bond donors (Lipinski definition) is 0. The van der Waals surface area contributed by atoms with Gasteiger partial charge in [-0.25, -0.2) is 12.8 Å². The maximum absolute atomic E-state index is 14.6. The number of anilines is 1. The minimum Gasteiger partial charge on any atom is -0.312 e. The molecule has 1 fully saturated rings. The summed E-state index contributed by atoms with van der Waals surface area (Å²) in [4.78, 5) is 6.36. The molecule has 2 aromatic rings. The summed E-state index contributed by atoms with van der Waals surface area (Å²) in [5.74, 6) is 0.191. The van der Waals surface area contributed by atoms with Gasteiger partial charge in [0.25, 0.3) is 0 Å². The molecule has 0 bridgehead atoms. The van der Waals surface area contributed by atoms with Gasteiger partial charge in [-0.2, -0.15) is 0 Å². The predicted molar refractivity (Wildman–Crippen MR) is 113 cm³/mol. The Morgan fingerprint density at radius 2 is 2.07 bits per heavy atom. The van der Waals surface area contributed by atoms with Gasteiger partial charge in [-0.3, -0.25) is 4.99 Å². The van der Waals surface area contributed by atoms with E-state index in [0.717, 1.165) is 5.56 Å². The van der Waals surface area contributed by atoms with E-state index in [1.54, 1.807) is 17.0 Å². The first kappa shape index (κ1) is 19.2. The van der Waals surface area contributed by atoms with Crippen molar-refractivity contribution in [1.29, 1.82) is 0 Å². The second-order valence-electron chi connectivity index (χ2n) is 6.51. The van der Waals surface area contributed by atoms with Gasteiger partial charge in [-0.1, -0.05) is 51.4 Å². The van der Waals surface area contributed by atoms with E-state index in [4.69, 9.17) is 11.6 Å².